The third-order valence-corrected chi connectivity index (χ3v) is 2.77. The summed E-state index contributed by atoms with van der Waals surface area (Å²) in [6.45, 7) is 12.5. The molecule has 0 aliphatic heterocycles. The summed E-state index contributed by atoms with van der Waals surface area (Å²) in [6, 6.07) is 0. The fourth-order valence-electron chi connectivity index (χ4n) is 2.15. The van der Waals surface area contributed by atoms with Crippen LogP contribution in [0, 0.1) is 17.3 Å². The van der Waals surface area contributed by atoms with Crippen LogP contribution in [0.5, 0.6) is 0 Å². The quantitative estimate of drug-likeness (QED) is 0.691. The van der Waals surface area contributed by atoms with Crippen LogP contribution in [0.25, 0.3) is 0 Å². The van der Waals surface area contributed by atoms with E-state index in [9.17, 15) is 0 Å². The predicted octanol–water partition coefficient (Wildman–Crippen LogP) is 3.82. The summed E-state index contributed by atoms with van der Waals surface area (Å²) in [4.78, 5) is 0. The summed E-state index contributed by atoms with van der Waals surface area (Å²) < 4.78 is 0. The van der Waals surface area contributed by atoms with Crippen molar-refractivity contribution in [1.29, 1.82) is 0 Å². The van der Waals surface area contributed by atoms with Gasteiger partial charge in [0.1, 0.15) is 0 Å². The molecule has 0 rings (SSSR count). The average Bonchev–Trinajstić information content (AvgIpc) is 1.98. The molecule has 0 aromatic rings. The molecule has 1 nitrogen and oxygen atoms in total. The SMILES string of the molecule is CC(CCN)CCC(C)CC(C)(C)C. The smallest absolute Gasteiger partial charge is 0.00747 e. The average molecular weight is 199 g/mol. The maximum absolute atomic E-state index is 5.54. The van der Waals surface area contributed by atoms with Gasteiger partial charge in [-0.2, -0.15) is 0 Å². The molecule has 0 saturated heterocycles. The molecule has 0 aliphatic rings. The lowest BCUT2D eigenvalue weighted by atomic mass is 9.82. The molecule has 0 aromatic carbocycles. The fourth-order valence-corrected chi connectivity index (χ4v) is 2.15. The molecule has 14 heavy (non-hydrogen) atoms. The van der Waals surface area contributed by atoms with Crippen molar-refractivity contribution in [1.82, 2.24) is 0 Å². The van der Waals surface area contributed by atoms with E-state index in [0.29, 0.717) is 5.41 Å². The summed E-state index contributed by atoms with van der Waals surface area (Å²) in [6.07, 6.45) is 5.22. The molecule has 0 aromatic heterocycles. The van der Waals surface area contributed by atoms with Gasteiger partial charge in [0, 0.05) is 0 Å². The summed E-state index contributed by atoms with van der Waals surface area (Å²) in [7, 11) is 0. The van der Waals surface area contributed by atoms with Gasteiger partial charge in [-0.15, -0.1) is 0 Å². The normalized spacial score (nSPS) is 16.7. The molecular formula is C13H29N. The van der Waals surface area contributed by atoms with E-state index >= 15 is 0 Å². The van der Waals surface area contributed by atoms with Crippen molar-refractivity contribution in [3.63, 3.8) is 0 Å². The third-order valence-electron chi connectivity index (χ3n) is 2.77. The maximum Gasteiger partial charge on any atom is -0.00747 e. The highest BCUT2D eigenvalue weighted by Crippen LogP contribution is 2.27. The first-order chi connectivity index (χ1) is 6.35. The van der Waals surface area contributed by atoms with Crippen LogP contribution in [-0.4, -0.2) is 6.54 Å². The van der Waals surface area contributed by atoms with Crippen LogP contribution in [0.3, 0.4) is 0 Å². The Kier molecular flexibility index (Phi) is 6.43. The van der Waals surface area contributed by atoms with E-state index in [1.54, 1.807) is 0 Å². The van der Waals surface area contributed by atoms with Crippen molar-refractivity contribution in [2.45, 2.75) is 60.3 Å². The van der Waals surface area contributed by atoms with E-state index in [1.807, 2.05) is 0 Å². The number of rotatable bonds is 6. The Morgan fingerprint density at radius 1 is 0.929 bits per heavy atom. The van der Waals surface area contributed by atoms with Crippen LogP contribution >= 0.6 is 0 Å². The van der Waals surface area contributed by atoms with E-state index in [4.69, 9.17) is 5.73 Å². The molecule has 0 heterocycles. The third kappa shape index (κ3) is 8.55. The van der Waals surface area contributed by atoms with Gasteiger partial charge in [-0.05, 0) is 36.6 Å². The largest absolute Gasteiger partial charge is 0.330 e. The molecule has 2 unspecified atom stereocenters. The van der Waals surface area contributed by atoms with Crippen LogP contribution < -0.4 is 5.73 Å². The molecule has 0 spiro atoms. The second-order valence-electron chi connectivity index (χ2n) is 6.13. The minimum Gasteiger partial charge on any atom is -0.330 e. The molecule has 0 radical (unpaired) electrons. The summed E-state index contributed by atoms with van der Waals surface area (Å²) in [5.41, 5.74) is 6.02. The molecule has 2 atom stereocenters. The zero-order chi connectivity index (χ0) is 11.2. The molecule has 0 saturated carbocycles. The first-order valence-electron chi connectivity index (χ1n) is 6.05. The second kappa shape index (κ2) is 6.44. The lowest BCUT2D eigenvalue weighted by Gasteiger charge is -2.24. The molecule has 0 fully saturated rings. The highest BCUT2D eigenvalue weighted by atomic mass is 14.5. The Bertz CT molecular complexity index is 135. The topological polar surface area (TPSA) is 26.0 Å². The van der Waals surface area contributed by atoms with Crippen molar-refractivity contribution in [3.05, 3.63) is 0 Å². The molecular weight excluding hydrogens is 170 g/mol. The van der Waals surface area contributed by atoms with Gasteiger partial charge in [0.25, 0.3) is 0 Å². The second-order valence-corrected chi connectivity index (χ2v) is 6.13. The van der Waals surface area contributed by atoms with Crippen molar-refractivity contribution < 1.29 is 0 Å². The van der Waals surface area contributed by atoms with E-state index < -0.39 is 0 Å². The Labute approximate surface area is 90.5 Å². The summed E-state index contributed by atoms with van der Waals surface area (Å²) >= 11 is 0. The van der Waals surface area contributed by atoms with Gasteiger partial charge in [0.05, 0.1) is 0 Å². The lowest BCUT2D eigenvalue weighted by Crippen LogP contribution is -2.12. The van der Waals surface area contributed by atoms with Crippen LogP contribution in [0.4, 0.5) is 0 Å². The fraction of sp³-hybridized carbons (Fsp3) is 1.00. The monoisotopic (exact) mass is 199 g/mol. The summed E-state index contributed by atoms with van der Waals surface area (Å²) in [5, 5.41) is 0. The van der Waals surface area contributed by atoms with Crippen LogP contribution in [0.2, 0.25) is 0 Å². The first kappa shape index (κ1) is 14.0. The Morgan fingerprint density at radius 2 is 1.43 bits per heavy atom. The highest BCUT2D eigenvalue weighted by Gasteiger charge is 2.15. The lowest BCUT2D eigenvalue weighted by molar-refractivity contribution is 0.282. The number of hydrogen-bond acceptors (Lipinski definition) is 1. The minimum absolute atomic E-state index is 0.483. The number of hydrogen-bond donors (Lipinski definition) is 1. The van der Waals surface area contributed by atoms with E-state index in [-0.39, 0.29) is 0 Å². The van der Waals surface area contributed by atoms with Crippen molar-refractivity contribution in [3.8, 4) is 0 Å². The van der Waals surface area contributed by atoms with E-state index in [1.165, 1.54) is 25.7 Å². The zero-order valence-corrected chi connectivity index (χ0v) is 10.8. The van der Waals surface area contributed by atoms with E-state index in [2.05, 4.69) is 34.6 Å². The van der Waals surface area contributed by atoms with Crippen molar-refractivity contribution in [2.24, 2.45) is 23.0 Å². The molecule has 0 amide bonds. The van der Waals surface area contributed by atoms with Gasteiger partial charge < -0.3 is 5.73 Å². The summed E-state index contributed by atoms with van der Waals surface area (Å²) in [5.74, 6) is 1.66. The van der Waals surface area contributed by atoms with Gasteiger partial charge in [-0.25, -0.2) is 0 Å². The van der Waals surface area contributed by atoms with Crippen LogP contribution in [0.15, 0.2) is 0 Å². The highest BCUT2D eigenvalue weighted by molar-refractivity contribution is 4.67. The van der Waals surface area contributed by atoms with Crippen LogP contribution in [0.1, 0.15) is 60.3 Å². The van der Waals surface area contributed by atoms with Crippen molar-refractivity contribution >= 4 is 0 Å². The molecule has 0 aliphatic carbocycles. The van der Waals surface area contributed by atoms with Gasteiger partial charge >= 0.3 is 0 Å². The first-order valence-corrected chi connectivity index (χ1v) is 6.05. The standard InChI is InChI=1S/C13H29N/c1-11(8-9-14)6-7-12(2)10-13(3,4)5/h11-12H,6-10,14H2,1-5H3. The Balaban J connectivity index is 3.58. The van der Waals surface area contributed by atoms with E-state index in [0.717, 1.165) is 18.4 Å². The Morgan fingerprint density at radius 3 is 1.86 bits per heavy atom. The zero-order valence-electron chi connectivity index (χ0n) is 10.8. The molecule has 2 N–H and O–H groups in total. The molecule has 1 heteroatoms. The molecule has 86 valence electrons. The van der Waals surface area contributed by atoms with Gasteiger partial charge in [0.2, 0.25) is 0 Å². The van der Waals surface area contributed by atoms with Gasteiger partial charge in [0.15, 0.2) is 0 Å². The predicted molar refractivity (Wildman–Crippen MR) is 65.3 cm³/mol. The van der Waals surface area contributed by atoms with Crippen LogP contribution in [-0.2, 0) is 0 Å². The Hall–Kier alpha value is -0.0400. The number of nitrogens with two attached hydrogens (primary N) is 1. The van der Waals surface area contributed by atoms with Crippen molar-refractivity contribution in [2.75, 3.05) is 6.54 Å². The van der Waals surface area contributed by atoms with Gasteiger partial charge in [-0.3, -0.25) is 0 Å². The molecule has 0 bridgehead atoms. The maximum atomic E-state index is 5.54. The van der Waals surface area contributed by atoms with Gasteiger partial charge in [-0.1, -0.05) is 47.5 Å². The minimum atomic E-state index is 0.483.